The van der Waals surface area contributed by atoms with Gasteiger partial charge in [0.2, 0.25) is 5.88 Å². The SMILES string of the molecule is O=C(Cc1nc2c(C(=O)Cc3ncc[nH]3)cccc2[nH]1)c1cccc(OCc2ccccc2)n1. The number of pyridine rings is 1. The second-order valence-corrected chi connectivity index (χ2v) is 7.76. The summed E-state index contributed by atoms with van der Waals surface area (Å²) in [5.41, 5.74) is 3.02. The Labute approximate surface area is 195 Å². The summed E-state index contributed by atoms with van der Waals surface area (Å²) in [6, 6.07) is 20.2. The number of rotatable bonds is 9. The van der Waals surface area contributed by atoms with Crippen molar-refractivity contribution in [2.24, 2.45) is 0 Å². The van der Waals surface area contributed by atoms with Crippen molar-refractivity contribution in [3.63, 3.8) is 0 Å². The van der Waals surface area contributed by atoms with Crippen LogP contribution in [0.2, 0.25) is 0 Å². The molecule has 0 aliphatic heterocycles. The van der Waals surface area contributed by atoms with E-state index in [2.05, 4.69) is 24.9 Å². The van der Waals surface area contributed by atoms with Gasteiger partial charge in [0.1, 0.15) is 23.9 Å². The van der Waals surface area contributed by atoms with E-state index >= 15 is 0 Å². The van der Waals surface area contributed by atoms with Gasteiger partial charge in [-0.25, -0.2) is 15.0 Å². The van der Waals surface area contributed by atoms with E-state index in [0.717, 1.165) is 5.56 Å². The van der Waals surface area contributed by atoms with Gasteiger partial charge < -0.3 is 14.7 Å². The number of H-pyrrole nitrogens is 2. The summed E-state index contributed by atoms with van der Waals surface area (Å²) >= 11 is 0. The van der Waals surface area contributed by atoms with Gasteiger partial charge in [0, 0.05) is 24.0 Å². The molecule has 0 bridgehead atoms. The number of nitrogens with one attached hydrogen (secondary N) is 2. The third-order valence-corrected chi connectivity index (χ3v) is 5.31. The van der Waals surface area contributed by atoms with Gasteiger partial charge in [-0.1, -0.05) is 42.5 Å². The number of ether oxygens (including phenoxy) is 1. The molecule has 0 unspecified atom stereocenters. The molecule has 0 atom stereocenters. The van der Waals surface area contributed by atoms with Crippen LogP contribution in [-0.4, -0.2) is 36.5 Å². The summed E-state index contributed by atoms with van der Waals surface area (Å²) in [6.45, 7) is 0.365. The number of aromatic nitrogens is 5. The van der Waals surface area contributed by atoms with E-state index in [1.54, 1.807) is 42.7 Å². The maximum absolute atomic E-state index is 12.9. The van der Waals surface area contributed by atoms with Crippen molar-refractivity contribution in [2.75, 3.05) is 0 Å². The van der Waals surface area contributed by atoms with E-state index in [9.17, 15) is 9.59 Å². The van der Waals surface area contributed by atoms with E-state index in [-0.39, 0.29) is 24.4 Å². The van der Waals surface area contributed by atoms with Crippen molar-refractivity contribution in [3.05, 3.63) is 108 Å². The van der Waals surface area contributed by atoms with Crippen LogP contribution in [-0.2, 0) is 19.4 Å². The average Bonchev–Trinajstić information content (AvgIpc) is 3.52. The molecule has 0 amide bonds. The van der Waals surface area contributed by atoms with Crippen LogP contribution in [0.1, 0.15) is 38.1 Å². The highest BCUT2D eigenvalue weighted by Crippen LogP contribution is 2.19. The number of ketones is 2. The zero-order valence-electron chi connectivity index (χ0n) is 18.2. The Morgan fingerprint density at radius 2 is 1.65 bits per heavy atom. The third-order valence-electron chi connectivity index (χ3n) is 5.31. The number of carbonyl (C=O) groups excluding carboxylic acids is 2. The number of hydrogen-bond donors (Lipinski definition) is 2. The molecule has 2 N–H and O–H groups in total. The quantitative estimate of drug-likeness (QED) is 0.326. The summed E-state index contributed by atoms with van der Waals surface area (Å²) in [7, 11) is 0. The van der Waals surface area contributed by atoms with Crippen LogP contribution in [0.25, 0.3) is 11.0 Å². The molecule has 0 aliphatic carbocycles. The molecule has 8 heteroatoms. The van der Waals surface area contributed by atoms with Crippen molar-refractivity contribution >= 4 is 22.6 Å². The maximum Gasteiger partial charge on any atom is 0.214 e. The summed E-state index contributed by atoms with van der Waals surface area (Å²) in [4.78, 5) is 44.7. The number of benzene rings is 2. The lowest BCUT2D eigenvalue weighted by molar-refractivity contribution is 0.0980. The predicted molar refractivity (Wildman–Crippen MR) is 126 cm³/mol. The molecule has 0 saturated heterocycles. The fourth-order valence-corrected chi connectivity index (χ4v) is 3.66. The third kappa shape index (κ3) is 4.75. The smallest absolute Gasteiger partial charge is 0.214 e. The number of para-hydroxylation sites is 1. The number of fused-ring (bicyclic) bond motifs is 1. The number of Topliss-reactive ketones (excluding diaryl/α,β-unsaturated/α-hetero) is 2. The molecule has 0 aliphatic rings. The highest BCUT2D eigenvalue weighted by Gasteiger charge is 2.17. The van der Waals surface area contributed by atoms with Gasteiger partial charge in [-0.2, -0.15) is 0 Å². The minimum absolute atomic E-state index is 0.0234. The van der Waals surface area contributed by atoms with Gasteiger partial charge in [0.05, 0.1) is 23.9 Å². The summed E-state index contributed by atoms with van der Waals surface area (Å²) in [5, 5.41) is 0. The standard InChI is InChI=1S/C26H21N5O3/c32-21(14-23-27-12-13-28-23)18-8-4-10-20-26(18)31-24(29-20)15-22(33)19-9-5-11-25(30-19)34-16-17-6-2-1-3-7-17/h1-13H,14-16H2,(H,27,28)(H,29,31). The first-order valence-corrected chi connectivity index (χ1v) is 10.8. The first-order chi connectivity index (χ1) is 16.7. The second-order valence-electron chi connectivity index (χ2n) is 7.76. The van der Waals surface area contributed by atoms with Gasteiger partial charge in [0.15, 0.2) is 11.6 Å². The van der Waals surface area contributed by atoms with Crippen LogP contribution in [0.15, 0.2) is 79.1 Å². The lowest BCUT2D eigenvalue weighted by atomic mass is 10.1. The molecule has 0 fully saturated rings. The van der Waals surface area contributed by atoms with Crippen molar-refractivity contribution < 1.29 is 14.3 Å². The van der Waals surface area contributed by atoms with Crippen LogP contribution in [0.3, 0.4) is 0 Å². The number of hydrogen-bond acceptors (Lipinski definition) is 6. The van der Waals surface area contributed by atoms with Gasteiger partial charge in [-0.15, -0.1) is 0 Å². The van der Waals surface area contributed by atoms with E-state index in [4.69, 9.17) is 4.74 Å². The first-order valence-electron chi connectivity index (χ1n) is 10.8. The summed E-state index contributed by atoms with van der Waals surface area (Å²) < 4.78 is 5.73. The van der Waals surface area contributed by atoms with Gasteiger partial charge in [0.25, 0.3) is 0 Å². The molecular formula is C26H21N5O3. The van der Waals surface area contributed by atoms with Crippen molar-refractivity contribution in [2.45, 2.75) is 19.4 Å². The number of aromatic amines is 2. The molecular weight excluding hydrogens is 430 g/mol. The van der Waals surface area contributed by atoms with Crippen LogP contribution in [0, 0.1) is 0 Å². The fraction of sp³-hybridized carbons (Fsp3) is 0.115. The molecule has 8 nitrogen and oxygen atoms in total. The summed E-state index contributed by atoms with van der Waals surface area (Å²) in [6.07, 6.45) is 3.46. The van der Waals surface area contributed by atoms with Crippen molar-refractivity contribution in [3.8, 4) is 5.88 Å². The highest BCUT2D eigenvalue weighted by atomic mass is 16.5. The molecule has 2 aromatic carbocycles. The molecule has 34 heavy (non-hydrogen) atoms. The van der Waals surface area contributed by atoms with Crippen molar-refractivity contribution in [1.29, 1.82) is 0 Å². The number of nitrogens with zero attached hydrogens (tertiary/aromatic N) is 3. The average molecular weight is 451 g/mol. The normalized spacial score (nSPS) is 10.9. The van der Waals surface area contributed by atoms with E-state index in [1.165, 1.54) is 0 Å². The van der Waals surface area contributed by atoms with E-state index in [0.29, 0.717) is 46.4 Å². The Morgan fingerprint density at radius 1 is 0.824 bits per heavy atom. The van der Waals surface area contributed by atoms with Gasteiger partial charge in [-0.05, 0) is 23.8 Å². The Hall–Kier alpha value is -4.59. The van der Waals surface area contributed by atoms with Crippen molar-refractivity contribution in [1.82, 2.24) is 24.9 Å². The fourth-order valence-electron chi connectivity index (χ4n) is 3.66. The van der Waals surface area contributed by atoms with Gasteiger partial charge >= 0.3 is 0 Å². The molecule has 0 spiro atoms. The molecule has 5 rings (SSSR count). The minimum Gasteiger partial charge on any atom is -0.473 e. The molecule has 5 aromatic rings. The van der Waals surface area contributed by atoms with Crippen LogP contribution < -0.4 is 4.74 Å². The summed E-state index contributed by atoms with van der Waals surface area (Å²) in [5.74, 6) is 1.14. The highest BCUT2D eigenvalue weighted by molar-refractivity contribution is 6.07. The Kier molecular flexibility index (Phi) is 5.94. The first kappa shape index (κ1) is 21.3. The van der Waals surface area contributed by atoms with E-state index < -0.39 is 0 Å². The molecule has 0 saturated carbocycles. The zero-order valence-corrected chi connectivity index (χ0v) is 18.2. The predicted octanol–water partition coefficient (Wildman–Crippen LogP) is 4.11. The second kappa shape index (κ2) is 9.50. The Balaban J connectivity index is 1.30. The van der Waals surface area contributed by atoms with Gasteiger partial charge in [-0.3, -0.25) is 9.59 Å². The largest absolute Gasteiger partial charge is 0.473 e. The lowest BCUT2D eigenvalue weighted by Gasteiger charge is -2.06. The monoisotopic (exact) mass is 451 g/mol. The Bertz CT molecular complexity index is 1440. The topological polar surface area (TPSA) is 114 Å². The number of carbonyl (C=O) groups is 2. The van der Waals surface area contributed by atoms with E-state index in [1.807, 2.05) is 36.4 Å². The Morgan fingerprint density at radius 3 is 2.47 bits per heavy atom. The number of imidazole rings is 2. The maximum atomic E-state index is 12.9. The molecule has 3 aromatic heterocycles. The lowest BCUT2D eigenvalue weighted by Crippen LogP contribution is -2.08. The molecule has 3 heterocycles. The van der Waals surface area contributed by atoms with Crippen LogP contribution >= 0.6 is 0 Å². The van der Waals surface area contributed by atoms with Crippen LogP contribution in [0.5, 0.6) is 5.88 Å². The van der Waals surface area contributed by atoms with Crippen LogP contribution in [0.4, 0.5) is 0 Å². The zero-order chi connectivity index (χ0) is 23.3. The minimum atomic E-state index is -0.201. The molecule has 0 radical (unpaired) electrons. The molecule has 168 valence electrons.